The van der Waals surface area contributed by atoms with Crippen LogP contribution in [-0.2, 0) is 0 Å². The minimum absolute atomic E-state index is 0.109. The number of benzene rings is 1. The van der Waals surface area contributed by atoms with E-state index < -0.39 is 0 Å². The lowest BCUT2D eigenvalue weighted by atomic mass is 9.98. The van der Waals surface area contributed by atoms with Gasteiger partial charge in [-0.1, -0.05) is 35.9 Å². The molecule has 1 unspecified atom stereocenters. The SMILES string of the molecule is C/C=C(\C=C/N)CC(NC1=NCCC1)c1ccccc1Cl.CCl. The number of rotatable bonds is 5. The summed E-state index contributed by atoms with van der Waals surface area (Å²) in [7, 11) is 0. The molecule has 3 N–H and O–H groups in total. The Morgan fingerprint density at radius 1 is 1.39 bits per heavy atom. The second-order valence-electron chi connectivity index (χ2n) is 5.08. The molecule has 0 spiro atoms. The van der Waals surface area contributed by atoms with Gasteiger partial charge in [0.15, 0.2) is 0 Å². The first kappa shape index (κ1) is 19.6. The van der Waals surface area contributed by atoms with Gasteiger partial charge in [-0.25, -0.2) is 0 Å². The van der Waals surface area contributed by atoms with E-state index in [1.165, 1.54) is 12.0 Å². The van der Waals surface area contributed by atoms with Crippen LogP contribution < -0.4 is 11.1 Å². The summed E-state index contributed by atoms with van der Waals surface area (Å²) in [5.74, 6) is 1.08. The summed E-state index contributed by atoms with van der Waals surface area (Å²) in [4.78, 5) is 4.51. The molecule has 1 aliphatic rings. The molecular formula is C18H25Cl2N3. The fraction of sp³-hybridized carbons (Fsp3) is 0.389. The van der Waals surface area contributed by atoms with E-state index in [1.54, 1.807) is 6.20 Å². The summed E-state index contributed by atoms with van der Waals surface area (Å²) in [6, 6.07) is 8.07. The van der Waals surface area contributed by atoms with Crippen LogP contribution in [0.25, 0.3) is 0 Å². The molecule has 0 amide bonds. The van der Waals surface area contributed by atoms with Crippen LogP contribution in [0.1, 0.15) is 37.8 Å². The minimum Gasteiger partial charge on any atom is -0.405 e. The molecule has 0 bridgehead atoms. The van der Waals surface area contributed by atoms with Gasteiger partial charge in [0.05, 0.1) is 11.9 Å². The number of hydrogen-bond donors (Lipinski definition) is 2. The first-order chi connectivity index (χ1) is 11.2. The lowest BCUT2D eigenvalue weighted by molar-refractivity contribution is 0.640. The van der Waals surface area contributed by atoms with Crippen molar-refractivity contribution in [2.45, 2.75) is 32.2 Å². The Morgan fingerprint density at radius 3 is 2.70 bits per heavy atom. The Labute approximate surface area is 149 Å². The van der Waals surface area contributed by atoms with Gasteiger partial charge >= 0.3 is 0 Å². The second-order valence-corrected chi connectivity index (χ2v) is 5.48. The fourth-order valence-electron chi connectivity index (χ4n) is 2.50. The van der Waals surface area contributed by atoms with E-state index in [-0.39, 0.29) is 6.04 Å². The average Bonchev–Trinajstić information content (AvgIpc) is 3.09. The summed E-state index contributed by atoms with van der Waals surface area (Å²) in [5, 5.41) is 4.32. The van der Waals surface area contributed by atoms with E-state index >= 15 is 0 Å². The average molecular weight is 354 g/mol. The first-order valence-corrected chi connectivity index (χ1v) is 8.83. The largest absolute Gasteiger partial charge is 0.405 e. The minimum atomic E-state index is 0.109. The number of nitrogens with two attached hydrogens (primary N) is 1. The molecule has 23 heavy (non-hydrogen) atoms. The number of nitrogens with one attached hydrogen (secondary N) is 1. The molecule has 1 aromatic carbocycles. The second kappa shape index (κ2) is 11.1. The third-order valence-electron chi connectivity index (χ3n) is 3.62. The third kappa shape index (κ3) is 6.28. The molecule has 3 nitrogen and oxygen atoms in total. The molecule has 1 heterocycles. The molecule has 1 aliphatic heterocycles. The Bertz CT molecular complexity index is 565. The quantitative estimate of drug-likeness (QED) is 0.588. The highest BCUT2D eigenvalue weighted by molar-refractivity contribution is 6.31. The van der Waals surface area contributed by atoms with E-state index in [1.807, 2.05) is 31.2 Å². The maximum Gasteiger partial charge on any atom is 0.0968 e. The monoisotopic (exact) mass is 353 g/mol. The molecular weight excluding hydrogens is 329 g/mol. The lowest BCUT2D eigenvalue weighted by Crippen LogP contribution is -2.27. The van der Waals surface area contributed by atoms with E-state index in [0.29, 0.717) is 0 Å². The van der Waals surface area contributed by atoms with Crippen molar-refractivity contribution in [3.63, 3.8) is 0 Å². The van der Waals surface area contributed by atoms with Crippen LogP contribution in [0, 0.1) is 0 Å². The molecule has 0 aromatic heterocycles. The van der Waals surface area contributed by atoms with Crippen LogP contribution in [-0.4, -0.2) is 18.8 Å². The Morgan fingerprint density at radius 2 is 2.13 bits per heavy atom. The van der Waals surface area contributed by atoms with Crippen molar-refractivity contribution in [3.8, 4) is 0 Å². The standard InChI is InChI=1S/C17H22ClN3.CH3Cl/c1-2-13(9-10-19)12-16(21-17-8-5-11-20-17)14-6-3-4-7-15(14)18;1-2/h2-4,6-7,9-10,16H,5,8,11-12,19H2,1H3,(H,20,21);1H3/b10-9-,13-2+;. The van der Waals surface area contributed by atoms with E-state index in [0.717, 1.165) is 42.2 Å². The lowest BCUT2D eigenvalue weighted by Gasteiger charge is -2.22. The molecule has 1 aromatic rings. The van der Waals surface area contributed by atoms with Gasteiger partial charge in [-0.3, -0.25) is 4.99 Å². The van der Waals surface area contributed by atoms with Crippen LogP contribution in [0.15, 0.2) is 53.2 Å². The number of allylic oxidation sites excluding steroid dienone is 2. The van der Waals surface area contributed by atoms with Crippen molar-refractivity contribution < 1.29 is 0 Å². The van der Waals surface area contributed by atoms with Gasteiger partial charge in [0, 0.05) is 24.4 Å². The molecule has 2 rings (SSSR count). The van der Waals surface area contributed by atoms with Gasteiger partial charge < -0.3 is 11.1 Å². The van der Waals surface area contributed by atoms with Gasteiger partial charge in [-0.05, 0) is 49.2 Å². The summed E-state index contributed by atoms with van der Waals surface area (Å²) in [5.41, 5.74) is 7.79. The predicted molar refractivity (Wildman–Crippen MR) is 102 cm³/mol. The number of halogens is 2. The number of hydrogen-bond acceptors (Lipinski definition) is 3. The Hall–Kier alpha value is -1.45. The first-order valence-electron chi connectivity index (χ1n) is 7.70. The molecule has 0 saturated carbocycles. The van der Waals surface area contributed by atoms with Crippen LogP contribution in [0.4, 0.5) is 0 Å². The molecule has 0 fully saturated rings. The van der Waals surface area contributed by atoms with Crippen molar-refractivity contribution in [2.75, 3.05) is 12.9 Å². The van der Waals surface area contributed by atoms with Crippen LogP contribution in [0.2, 0.25) is 5.02 Å². The van der Waals surface area contributed by atoms with Crippen molar-refractivity contribution in [1.29, 1.82) is 0 Å². The summed E-state index contributed by atoms with van der Waals surface area (Å²) in [6.07, 6.45) is 10.0. The zero-order valence-electron chi connectivity index (χ0n) is 13.7. The summed E-state index contributed by atoms with van der Waals surface area (Å²) < 4.78 is 0. The smallest absolute Gasteiger partial charge is 0.0968 e. The molecule has 126 valence electrons. The van der Waals surface area contributed by atoms with Crippen molar-refractivity contribution >= 4 is 29.0 Å². The van der Waals surface area contributed by atoms with Crippen molar-refractivity contribution in [1.82, 2.24) is 5.32 Å². The Balaban J connectivity index is 0.00000127. The van der Waals surface area contributed by atoms with Gasteiger partial charge in [0.25, 0.3) is 0 Å². The topological polar surface area (TPSA) is 50.4 Å². The van der Waals surface area contributed by atoms with E-state index in [9.17, 15) is 0 Å². The van der Waals surface area contributed by atoms with Gasteiger partial charge in [0.1, 0.15) is 0 Å². The molecule has 0 saturated heterocycles. The number of amidine groups is 1. The maximum atomic E-state index is 6.37. The molecule has 0 aliphatic carbocycles. The van der Waals surface area contributed by atoms with Gasteiger partial charge in [-0.15, -0.1) is 11.6 Å². The molecule has 0 radical (unpaired) electrons. The molecule has 1 atom stereocenters. The normalized spacial score (nSPS) is 15.8. The highest BCUT2D eigenvalue weighted by atomic mass is 35.5. The zero-order chi connectivity index (χ0) is 17.1. The summed E-state index contributed by atoms with van der Waals surface area (Å²) in [6.45, 7) is 2.93. The predicted octanol–water partition coefficient (Wildman–Crippen LogP) is 4.83. The van der Waals surface area contributed by atoms with Crippen LogP contribution in [0.3, 0.4) is 0 Å². The fourth-order valence-corrected chi connectivity index (χ4v) is 2.76. The summed E-state index contributed by atoms with van der Waals surface area (Å²) >= 11 is 11.0. The highest BCUT2D eigenvalue weighted by Crippen LogP contribution is 2.28. The van der Waals surface area contributed by atoms with Gasteiger partial charge in [-0.2, -0.15) is 0 Å². The van der Waals surface area contributed by atoms with Crippen LogP contribution >= 0.6 is 23.2 Å². The maximum absolute atomic E-state index is 6.37. The van der Waals surface area contributed by atoms with E-state index in [2.05, 4.69) is 34.1 Å². The zero-order valence-corrected chi connectivity index (χ0v) is 15.2. The molecule has 5 heteroatoms. The number of aliphatic imine (C=N–C) groups is 1. The third-order valence-corrected chi connectivity index (χ3v) is 3.96. The van der Waals surface area contributed by atoms with E-state index in [4.69, 9.17) is 17.3 Å². The van der Waals surface area contributed by atoms with Crippen LogP contribution in [0.5, 0.6) is 0 Å². The van der Waals surface area contributed by atoms with Crippen molar-refractivity contribution in [3.05, 3.63) is 58.8 Å². The van der Waals surface area contributed by atoms with Crippen molar-refractivity contribution in [2.24, 2.45) is 10.7 Å². The van der Waals surface area contributed by atoms with Gasteiger partial charge in [0.2, 0.25) is 0 Å². The number of nitrogens with zero attached hydrogens (tertiary/aromatic N) is 1. The Kier molecular flexibility index (Phi) is 9.49. The number of alkyl halides is 1. The highest BCUT2D eigenvalue weighted by Gasteiger charge is 2.18.